The molecule has 0 radical (unpaired) electrons. The summed E-state index contributed by atoms with van der Waals surface area (Å²) in [6.07, 6.45) is 4.10. The van der Waals surface area contributed by atoms with Crippen molar-refractivity contribution < 1.29 is 4.52 Å². The Kier molecular flexibility index (Phi) is 2.64. The molecule has 1 aliphatic carbocycles. The first-order valence-electron chi connectivity index (χ1n) is 8.34. The van der Waals surface area contributed by atoms with Crippen LogP contribution in [0.25, 0.3) is 17.2 Å². The highest BCUT2D eigenvalue weighted by atomic mass is 79.9. The van der Waals surface area contributed by atoms with Crippen LogP contribution in [0.5, 0.6) is 0 Å². The highest BCUT2D eigenvalue weighted by Crippen LogP contribution is 2.42. The molecule has 0 atom stereocenters. The third-order valence-electron chi connectivity index (χ3n) is 4.89. The van der Waals surface area contributed by atoms with Gasteiger partial charge in [-0.15, -0.1) is 0 Å². The van der Waals surface area contributed by atoms with E-state index in [0.29, 0.717) is 11.7 Å². The number of aromatic nitrogens is 4. The lowest BCUT2D eigenvalue weighted by molar-refractivity contribution is 0.380. The average molecular weight is 397 g/mol. The Morgan fingerprint density at radius 3 is 3.04 bits per heavy atom. The molecule has 0 saturated heterocycles. The molecule has 2 aliphatic heterocycles. The first-order chi connectivity index (χ1) is 12.3. The maximum atomic E-state index is 5.44. The second-order valence-electron chi connectivity index (χ2n) is 6.51. The Hall–Kier alpha value is -2.48. The SMILES string of the molecule is Brc1cccc2c1C1=NCCN1c1c(-c3noc(C4CC4)n3)ncn1-2. The number of amidine groups is 1. The average Bonchev–Trinajstić information content (AvgIpc) is 3.03. The highest BCUT2D eigenvalue weighted by Gasteiger charge is 2.37. The minimum absolute atomic E-state index is 0.431. The van der Waals surface area contributed by atoms with E-state index < -0.39 is 0 Å². The lowest BCUT2D eigenvalue weighted by Crippen LogP contribution is -2.35. The number of hydrogen-bond donors (Lipinski definition) is 0. The summed E-state index contributed by atoms with van der Waals surface area (Å²) in [7, 11) is 0. The van der Waals surface area contributed by atoms with Gasteiger partial charge in [0, 0.05) is 16.9 Å². The van der Waals surface area contributed by atoms with E-state index >= 15 is 0 Å². The molecule has 4 heterocycles. The fourth-order valence-electron chi connectivity index (χ4n) is 3.56. The molecule has 0 spiro atoms. The van der Waals surface area contributed by atoms with Crippen molar-refractivity contribution in [2.24, 2.45) is 4.99 Å². The zero-order valence-corrected chi connectivity index (χ0v) is 14.8. The molecule has 0 amide bonds. The van der Waals surface area contributed by atoms with Crippen LogP contribution in [0.3, 0.4) is 0 Å². The molecular formula is C17H13BrN6O. The van der Waals surface area contributed by atoms with Crippen LogP contribution >= 0.6 is 15.9 Å². The molecule has 3 aromatic rings. The van der Waals surface area contributed by atoms with Crippen LogP contribution in [0.15, 0.2) is 38.5 Å². The molecule has 1 aromatic carbocycles. The molecule has 2 aromatic heterocycles. The number of fused-ring (bicyclic) bond motifs is 6. The largest absolute Gasteiger partial charge is 0.339 e. The van der Waals surface area contributed by atoms with Gasteiger partial charge in [-0.05, 0) is 40.9 Å². The predicted octanol–water partition coefficient (Wildman–Crippen LogP) is 3.14. The molecule has 0 bridgehead atoms. The summed E-state index contributed by atoms with van der Waals surface area (Å²) in [6.45, 7) is 1.59. The van der Waals surface area contributed by atoms with Crippen LogP contribution in [0.1, 0.15) is 30.2 Å². The summed E-state index contributed by atoms with van der Waals surface area (Å²) >= 11 is 3.67. The fraction of sp³-hybridized carbons (Fsp3) is 0.294. The van der Waals surface area contributed by atoms with Crippen molar-refractivity contribution in [3.8, 4) is 17.2 Å². The molecule has 1 fully saturated rings. The molecular weight excluding hydrogens is 384 g/mol. The minimum Gasteiger partial charge on any atom is -0.339 e. The third kappa shape index (κ3) is 1.85. The van der Waals surface area contributed by atoms with E-state index in [1.807, 2.05) is 18.5 Å². The maximum absolute atomic E-state index is 5.44. The van der Waals surface area contributed by atoms with E-state index in [4.69, 9.17) is 9.52 Å². The van der Waals surface area contributed by atoms with E-state index in [2.05, 4.69) is 46.6 Å². The molecule has 6 rings (SSSR count). The normalized spacial score (nSPS) is 18.0. The summed E-state index contributed by atoms with van der Waals surface area (Å²) in [4.78, 5) is 16.1. The van der Waals surface area contributed by atoms with Crippen molar-refractivity contribution in [2.45, 2.75) is 18.8 Å². The molecule has 0 N–H and O–H groups in total. The van der Waals surface area contributed by atoms with E-state index in [1.165, 1.54) is 0 Å². The van der Waals surface area contributed by atoms with Gasteiger partial charge in [-0.2, -0.15) is 4.98 Å². The van der Waals surface area contributed by atoms with Gasteiger partial charge in [0.15, 0.2) is 11.5 Å². The van der Waals surface area contributed by atoms with Crippen molar-refractivity contribution in [3.63, 3.8) is 0 Å². The summed E-state index contributed by atoms with van der Waals surface area (Å²) in [5.41, 5.74) is 2.91. The quantitative estimate of drug-likeness (QED) is 0.665. The molecule has 124 valence electrons. The van der Waals surface area contributed by atoms with Crippen molar-refractivity contribution in [1.82, 2.24) is 19.7 Å². The number of aliphatic imine (C=N–C) groups is 1. The number of imidazole rings is 1. The van der Waals surface area contributed by atoms with Gasteiger partial charge in [-0.1, -0.05) is 11.2 Å². The Balaban J connectivity index is 1.58. The van der Waals surface area contributed by atoms with Crippen LogP contribution in [0.4, 0.5) is 5.82 Å². The van der Waals surface area contributed by atoms with Crippen LogP contribution in [0.2, 0.25) is 0 Å². The number of benzene rings is 1. The van der Waals surface area contributed by atoms with Gasteiger partial charge in [-0.25, -0.2) is 4.98 Å². The summed E-state index contributed by atoms with van der Waals surface area (Å²) < 4.78 is 8.56. The van der Waals surface area contributed by atoms with E-state index in [9.17, 15) is 0 Å². The molecule has 25 heavy (non-hydrogen) atoms. The minimum atomic E-state index is 0.431. The molecule has 7 nitrogen and oxygen atoms in total. The molecule has 3 aliphatic rings. The zero-order chi connectivity index (χ0) is 16.5. The number of rotatable bonds is 2. The van der Waals surface area contributed by atoms with Gasteiger partial charge >= 0.3 is 0 Å². The number of halogens is 1. The van der Waals surface area contributed by atoms with Crippen molar-refractivity contribution in [2.75, 3.05) is 18.0 Å². The van der Waals surface area contributed by atoms with E-state index in [1.54, 1.807) is 0 Å². The summed E-state index contributed by atoms with van der Waals surface area (Å²) in [5, 5.41) is 4.18. The van der Waals surface area contributed by atoms with Crippen LogP contribution in [0, 0.1) is 0 Å². The third-order valence-corrected chi connectivity index (χ3v) is 5.55. The fourth-order valence-corrected chi connectivity index (χ4v) is 4.10. The van der Waals surface area contributed by atoms with Crippen molar-refractivity contribution in [3.05, 3.63) is 40.5 Å². The van der Waals surface area contributed by atoms with Crippen molar-refractivity contribution in [1.29, 1.82) is 0 Å². The Morgan fingerprint density at radius 2 is 2.16 bits per heavy atom. The standard InChI is InChI=1S/C17H13BrN6O/c18-10-2-1-3-11-12(10)15-19-6-7-23(15)17-13(20-8-24(11)17)14-21-16(25-22-14)9-4-5-9/h1-3,8-9H,4-7H2. The summed E-state index contributed by atoms with van der Waals surface area (Å²) in [6, 6.07) is 6.15. The van der Waals surface area contributed by atoms with Gasteiger partial charge in [0.1, 0.15) is 12.2 Å². The lowest BCUT2D eigenvalue weighted by Gasteiger charge is -2.30. The Bertz CT molecular complexity index is 1050. The second-order valence-corrected chi connectivity index (χ2v) is 7.36. The second kappa shape index (κ2) is 4.78. The maximum Gasteiger partial charge on any atom is 0.230 e. The van der Waals surface area contributed by atoms with E-state index in [0.717, 1.165) is 64.9 Å². The topological polar surface area (TPSA) is 72.3 Å². The highest BCUT2D eigenvalue weighted by molar-refractivity contribution is 9.10. The lowest BCUT2D eigenvalue weighted by atomic mass is 10.1. The Labute approximate surface area is 151 Å². The van der Waals surface area contributed by atoms with Gasteiger partial charge in [0.05, 0.1) is 17.8 Å². The first kappa shape index (κ1) is 13.8. The monoisotopic (exact) mass is 396 g/mol. The smallest absolute Gasteiger partial charge is 0.230 e. The van der Waals surface area contributed by atoms with Gasteiger partial charge in [0.25, 0.3) is 0 Å². The van der Waals surface area contributed by atoms with Crippen molar-refractivity contribution >= 4 is 27.6 Å². The van der Waals surface area contributed by atoms with Gasteiger partial charge in [0.2, 0.25) is 11.7 Å². The van der Waals surface area contributed by atoms with Gasteiger partial charge < -0.3 is 9.42 Å². The van der Waals surface area contributed by atoms with Crippen LogP contribution < -0.4 is 4.90 Å². The summed E-state index contributed by atoms with van der Waals surface area (Å²) in [5.74, 6) is 3.65. The van der Waals surface area contributed by atoms with Gasteiger partial charge in [-0.3, -0.25) is 9.56 Å². The zero-order valence-electron chi connectivity index (χ0n) is 13.2. The number of nitrogens with zero attached hydrogens (tertiary/aromatic N) is 6. The van der Waals surface area contributed by atoms with Crippen LogP contribution in [-0.2, 0) is 0 Å². The molecule has 1 saturated carbocycles. The Morgan fingerprint density at radius 1 is 1.24 bits per heavy atom. The number of hydrogen-bond acceptors (Lipinski definition) is 6. The van der Waals surface area contributed by atoms with Crippen LogP contribution in [-0.4, -0.2) is 38.6 Å². The molecule has 0 unspecified atom stereocenters. The van der Waals surface area contributed by atoms with E-state index in [-0.39, 0.29) is 0 Å². The number of anilines is 1. The molecule has 8 heteroatoms. The predicted molar refractivity (Wildman–Crippen MR) is 95.3 cm³/mol. The first-order valence-corrected chi connectivity index (χ1v) is 9.13.